The lowest BCUT2D eigenvalue weighted by Gasteiger charge is -2.46. The van der Waals surface area contributed by atoms with Crippen LogP contribution < -0.4 is 5.73 Å². The third-order valence-corrected chi connectivity index (χ3v) is 7.47. The zero-order valence-corrected chi connectivity index (χ0v) is 16.5. The number of rotatable bonds is 5. The number of fused-ring (bicyclic) bond motifs is 2. The van der Waals surface area contributed by atoms with Gasteiger partial charge in [0.05, 0.1) is 31.6 Å². The molecule has 2 N–H and O–H groups in total. The molecular formula is C24H31N2O+. The summed E-state index contributed by atoms with van der Waals surface area (Å²) in [4.78, 5) is 13.0. The van der Waals surface area contributed by atoms with Gasteiger partial charge in [0, 0.05) is 25.7 Å². The van der Waals surface area contributed by atoms with Gasteiger partial charge >= 0.3 is 0 Å². The molecule has 3 heteroatoms. The molecule has 1 unspecified atom stereocenters. The van der Waals surface area contributed by atoms with Crippen molar-refractivity contribution in [2.45, 2.75) is 49.6 Å². The van der Waals surface area contributed by atoms with Gasteiger partial charge in [-0.05, 0) is 23.5 Å². The molecule has 4 rings (SSSR count). The van der Waals surface area contributed by atoms with Crippen molar-refractivity contribution < 1.29 is 9.28 Å². The first-order valence-corrected chi connectivity index (χ1v) is 10.2. The molecule has 2 aromatic rings. The highest BCUT2D eigenvalue weighted by Crippen LogP contribution is 2.47. The summed E-state index contributed by atoms with van der Waals surface area (Å²) >= 11 is 0. The van der Waals surface area contributed by atoms with Gasteiger partial charge in [0.25, 0.3) is 0 Å². The third-order valence-electron chi connectivity index (χ3n) is 7.47. The van der Waals surface area contributed by atoms with Crippen molar-refractivity contribution in [2.24, 2.45) is 11.7 Å². The van der Waals surface area contributed by atoms with E-state index in [-0.39, 0.29) is 5.91 Å². The molecule has 0 radical (unpaired) electrons. The van der Waals surface area contributed by atoms with Crippen LogP contribution in [0.25, 0.3) is 0 Å². The van der Waals surface area contributed by atoms with E-state index >= 15 is 0 Å². The number of benzene rings is 2. The molecule has 2 heterocycles. The number of piperidine rings is 1. The molecule has 2 aliphatic rings. The summed E-state index contributed by atoms with van der Waals surface area (Å²) < 4.78 is 1.15. The van der Waals surface area contributed by atoms with Crippen molar-refractivity contribution in [3.8, 4) is 0 Å². The molecular weight excluding hydrogens is 332 g/mol. The number of nitrogens with two attached hydrogens (primary N) is 1. The Bertz CT molecular complexity index is 744. The summed E-state index contributed by atoms with van der Waals surface area (Å²) in [5.41, 5.74) is 7.45. The maximum atomic E-state index is 13.0. The van der Waals surface area contributed by atoms with Crippen LogP contribution >= 0.6 is 0 Å². The van der Waals surface area contributed by atoms with Crippen molar-refractivity contribution >= 4 is 5.91 Å². The predicted molar refractivity (Wildman–Crippen MR) is 109 cm³/mol. The summed E-state index contributed by atoms with van der Waals surface area (Å²) in [7, 11) is 4.77. The number of quaternary nitrogens is 1. The second-order valence-corrected chi connectivity index (χ2v) is 9.06. The Hall–Kier alpha value is -2.13. The highest BCUT2D eigenvalue weighted by molar-refractivity contribution is 5.90. The van der Waals surface area contributed by atoms with E-state index in [9.17, 15) is 4.79 Å². The fraction of sp³-hybridized carbons (Fsp3) is 0.458. The van der Waals surface area contributed by atoms with Crippen LogP contribution in [0, 0.1) is 5.92 Å². The number of amides is 1. The lowest BCUT2D eigenvalue weighted by molar-refractivity contribution is -0.931. The predicted octanol–water partition coefficient (Wildman–Crippen LogP) is 3.87. The number of hydrogen-bond donors (Lipinski definition) is 1. The van der Waals surface area contributed by atoms with E-state index in [0.717, 1.165) is 22.0 Å². The molecule has 0 spiro atoms. The summed E-state index contributed by atoms with van der Waals surface area (Å²) in [6, 6.07) is 21.7. The summed E-state index contributed by atoms with van der Waals surface area (Å²) in [6.07, 6.45) is 5.82. The Labute approximate surface area is 162 Å². The van der Waals surface area contributed by atoms with Crippen molar-refractivity contribution in [1.29, 1.82) is 0 Å². The minimum absolute atomic E-state index is 0.230. The molecule has 3 nitrogen and oxygen atoms in total. The molecule has 0 saturated carbocycles. The van der Waals surface area contributed by atoms with E-state index in [4.69, 9.17) is 5.73 Å². The average molecular weight is 364 g/mol. The Kier molecular flexibility index (Phi) is 4.59. The third kappa shape index (κ3) is 2.98. The number of primary amides is 1. The van der Waals surface area contributed by atoms with E-state index < -0.39 is 5.41 Å². The molecule has 142 valence electrons. The second kappa shape index (κ2) is 6.79. The zero-order chi connectivity index (χ0) is 19.1. The van der Waals surface area contributed by atoms with Gasteiger partial charge in [-0.2, -0.15) is 0 Å². The number of carbonyl (C=O) groups is 1. The van der Waals surface area contributed by atoms with Crippen LogP contribution in [0.15, 0.2) is 60.7 Å². The van der Waals surface area contributed by atoms with Crippen LogP contribution in [0.5, 0.6) is 0 Å². The summed E-state index contributed by atoms with van der Waals surface area (Å²) in [6.45, 7) is 0. The molecule has 2 fully saturated rings. The number of hydrogen-bond acceptors (Lipinski definition) is 1. The first-order valence-electron chi connectivity index (χ1n) is 10.2. The first kappa shape index (κ1) is 18.2. The SMILES string of the molecule is C[N+]1(C)[C@@H]2CC[C@H]1CC(CC(C(N)=O)(c1ccccc1)c1ccccc1)C2. The van der Waals surface area contributed by atoms with E-state index in [1.165, 1.54) is 25.7 Å². The largest absolute Gasteiger partial charge is 0.369 e. The van der Waals surface area contributed by atoms with Crippen LogP contribution in [-0.4, -0.2) is 36.6 Å². The molecule has 3 atom stereocenters. The van der Waals surface area contributed by atoms with Crippen LogP contribution in [0.4, 0.5) is 0 Å². The topological polar surface area (TPSA) is 43.1 Å². The van der Waals surface area contributed by atoms with Crippen LogP contribution in [-0.2, 0) is 10.2 Å². The lowest BCUT2D eigenvalue weighted by atomic mass is 9.66. The molecule has 0 aromatic heterocycles. The van der Waals surface area contributed by atoms with Crippen LogP contribution in [0.3, 0.4) is 0 Å². The summed E-state index contributed by atoms with van der Waals surface area (Å²) in [5, 5.41) is 0. The van der Waals surface area contributed by atoms with Crippen LogP contribution in [0.1, 0.15) is 43.2 Å². The fourth-order valence-corrected chi connectivity index (χ4v) is 5.83. The van der Waals surface area contributed by atoms with Gasteiger partial charge in [0.1, 0.15) is 0 Å². The Morgan fingerprint density at radius 2 is 1.37 bits per heavy atom. The molecule has 0 aliphatic carbocycles. The van der Waals surface area contributed by atoms with Crippen LogP contribution in [0.2, 0.25) is 0 Å². The van der Waals surface area contributed by atoms with Gasteiger partial charge in [-0.1, -0.05) is 60.7 Å². The van der Waals surface area contributed by atoms with Gasteiger partial charge < -0.3 is 10.2 Å². The van der Waals surface area contributed by atoms with E-state index in [0.29, 0.717) is 18.0 Å². The van der Waals surface area contributed by atoms with Crippen molar-refractivity contribution in [3.05, 3.63) is 71.8 Å². The molecule has 2 saturated heterocycles. The minimum Gasteiger partial charge on any atom is -0.369 e. The molecule has 27 heavy (non-hydrogen) atoms. The number of nitrogens with zero attached hydrogens (tertiary/aromatic N) is 1. The molecule has 2 aromatic carbocycles. The Morgan fingerprint density at radius 1 is 0.926 bits per heavy atom. The van der Waals surface area contributed by atoms with Crippen molar-refractivity contribution in [1.82, 2.24) is 0 Å². The standard InChI is InChI=1S/C24H30N2O/c1-26(2)21-13-14-22(26)16-18(15-21)17-24(23(25)27,19-9-5-3-6-10-19)20-11-7-4-8-12-20/h3-12,18,21-22H,13-17H2,1-2H3,(H-,25,27)/p+1/t18?,21-,22+. The normalized spacial score (nSPS) is 26.7. The van der Waals surface area contributed by atoms with Crippen molar-refractivity contribution in [2.75, 3.05) is 14.1 Å². The van der Waals surface area contributed by atoms with Gasteiger partial charge in [0.2, 0.25) is 5.91 Å². The van der Waals surface area contributed by atoms with Gasteiger partial charge in [-0.3, -0.25) is 4.79 Å². The highest BCUT2D eigenvalue weighted by Gasteiger charge is 2.51. The maximum absolute atomic E-state index is 13.0. The molecule has 2 bridgehead atoms. The smallest absolute Gasteiger partial charge is 0.232 e. The zero-order valence-electron chi connectivity index (χ0n) is 16.5. The van der Waals surface area contributed by atoms with E-state index in [2.05, 4.69) is 38.4 Å². The van der Waals surface area contributed by atoms with Gasteiger partial charge in [-0.15, -0.1) is 0 Å². The minimum atomic E-state index is -0.749. The quantitative estimate of drug-likeness (QED) is 0.805. The van der Waals surface area contributed by atoms with Gasteiger partial charge in [-0.25, -0.2) is 0 Å². The van der Waals surface area contributed by atoms with Gasteiger partial charge in [0.15, 0.2) is 0 Å². The number of carbonyl (C=O) groups excluding carboxylic acids is 1. The lowest BCUT2D eigenvalue weighted by Crippen LogP contribution is -2.55. The second-order valence-electron chi connectivity index (χ2n) is 9.06. The monoisotopic (exact) mass is 363 g/mol. The average Bonchev–Trinajstić information content (AvgIpc) is 2.85. The molecule has 2 aliphatic heterocycles. The Morgan fingerprint density at radius 3 is 1.78 bits per heavy atom. The maximum Gasteiger partial charge on any atom is 0.232 e. The first-order chi connectivity index (χ1) is 12.9. The summed E-state index contributed by atoms with van der Waals surface area (Å²) in [5.74, 6) is 0.299. The Balaban J connectivity index is 1.74. The van der Waals surface area contributed by atoms with E-state index in [1.54, 1.807) is 0 Å². The fourth-order valence-electron chi connectivity index (χ4n) is 5.83. The highest BCUT2D eigenvalue weighted by atomic mass is 16.1. The van der Waals surface area contributed by atoms with E-state index in [1.807, 2.05) is 36.4 Å². The van der Waals surface area contributed by atoms with Crippen molar-refractivity contribution in [3.63, 3.8) is 0 Å². The molecule has 1 amide bonds.